The molecule has 1 amide bonds. The van der Waals surface area contributed by atoms with Crippen LogP contribution in [0.25, 0.3) is 0 Å². The monoisotopic (exact) mass is 272 g/mol. The molecule has 0 saturated heterocycles. The predicted octanol–water partition coefficient (Wildman–Crippen LogP) is -0.271. The Balaban J connectivity index is 2.38. The third-order valence-corrected chi connectivity index (χ3v) is 4.03. The number of carbonyl (C=O) groups excluding carboxylic acids is 1. The second-order valence-corrected chi connectivity index (χ2v) is 5.94. The van der Waals surface area contributed by atoms with Gasteiger partial charge in [-0.1, -0.05) is 6.92 Å². The molecule has 0 aliphatic rings. The minimum atomic E-state index is -0.853. The first kappa shape index (κ1) is 14.8. The molecule has 1 aromatic rings. The average Bonchev–Trinajstić information content (AvgIpc) is 2.77. The molecule has 0 bridgehead atoms. The highest BCUT2D eigenvalue weighted by molar-refractivity contribution is 7.84. The largest absolute Gasteiger partial charge is 0.351 e. The number of nitrogens with zero attached hydrogens (tertiary/aromatic N) is 2. The maximum absolute atomic E-state index is 11.7. The lowest BCUT2D eigenvalue weighted by Crippen LogP contribution is -2.27. The maximum atomic E-state index is 11.7. The van der Waals surface area contributed by atoms with E-state index in [-0.39, 0.29) is 11.2 Å². The molecule has 0 saturated carbocycles. The summed E-state index contributed by atoms with van der Waals surface area (Å²) in [5.74, 6) is -0.208. The Hall–Kier alpha value is -1.21. The van der Waals surface area contributed by atoms with Crippen molar-refractivity contribution < 1.29 is 9.00 Å². The van der Waals surface area contributed by atoms with Crippen LogP contribution in [0.1, 0.15) is 23.8 Å². The summed E-state index contributed by atoms with van der Waals surface area (Å²) in [7, 11) is -0.853. The van der Waals surface area contributed by atoms with E-state index in [9.17, 15) is 9.00 Å². The number of nitrogens with two attached hydrogens (primary N) is 1. The van der Waals surface area contributed by atoms with E-state index in [1.807, 2.05) is 6.92 Å². The van der Waals surface area contributed by atoms with Gasteiger partial charge in [0.25, 0.3) is 5.91 Å². The van der Waals surface area contributed by atoms with Crippen LogP contribution in [-0.2, 0) is 17.3 Å². The maximum Gasteiger partial charge on any atom is 0.271 e. The highest BCUT2D eigenvalue weighted by Crippen LogP contribution is 1.99. The molecule has 0 aromatic carbocycles. The molecular weight excluding hydrogens is 252 g/mol. The van der Waals surface area contributed by atoms with Crippen LogP contribution in [0.4, 0.5) is 0 Å². The molecule has 7 heteroatoms. The van der Waals surface area contributed by atoms with E-state index in [4.69, 9.17) is 5.73 Å². The molecule has 6 nitrogen and oxygen atoms in total. The molecule has 18 heavy (non-hydrogen) atoms. The van der Waals surface area contributed by atoms with Gasteiger partial charge in [-0.3, -0.25) is 9.00 Å². The smallest absolute Gasteiger partial charge is 0.271 e. The van der Waals surface area contributed by atoms with Crippen molar-refractivity contribution in [1.82, 2.24) is 14.9 Å². The Labute approximate surface area is 109 Å². The Kier molecular flexibility index (Phi) is 6.00. The van der Waals surface area contributed by atoms with Gasteiger partial charge in [0.05, 0.1) is 6.33 Å². The van der Waals surface area contributed by atoms with Gasteiger partial charge in [-0.15, -0.1) is 0 Å². The first-order valence-electron chi connectivity index (χ1n) is 5.87. The van der Waals surface area contributed by atoms with Gasteiger partial charge in [-0.25, -0.2) is 4.98 Å². The molecule has 1 heterocycles. The fourth-order valence-corrected chi connectivity index (χ4v) is 1.84. The summed E-state index contributed by atoms with van der Waals surface area (Å²) in [6.07, 6.45) is 5.62. The predicted molar refractivity (Wildman–Crippen MR) is 71.8 cm³/mol. The lowest BCUT2D eigenvalue weighted by atomic mass is 10.3. The zero-order valence-corrected chi connectivity index (χ0v) is 11.6. The highest BCUT2D eigenvalue weighted by atomic mass is 32.2. The molecular formula is C11H20N4O2S. The van der Waals surface area contributed by atoms with Crippen LogP contribution >= 0.6 is 0 Å². The van der Waals surface area contributed by atoms with Gasteiger partial charge in [0, 0.05) is 48.1 Å². The Morgan fingerprint density at radius 2 is 2.39 bits per heavy atom. The molecule has 2 atom stereocenters. The summed E-state index contributed by atoms with van der Waals surface area (Å²) >= 11 is 0. The van der Waals surface area contributed by atoms with Crippen LogP contribution in [0, 0.1) is 0 Å². The van der Waals surface area contributed by atoms with Crippen LogP contribution in [-0.4, -0.2) is 44.3 Å². The van der Waals surface area contributed by atoms with E-state index < -0.39 is 10.8 Å². The van der Waals surface area contributed by atoms with Gasteiger partial charge in [-0.05, 0) is 6.42 Å². The molecule has 0 radical (unpaired) electrons. The van der Waals surface area contributed by atoms with E-state index in [2.05, 4.69) is 10.3 Å². The summed E-state index contributed by atoms with van der Waals surface area (Å²) < 4.78 is 12.9. The van der Waals surface area contributed by atoms with Gasteiger partial charge in [0.2, 0.25) is 0 Å². The van der Waals surface area contributed by atoms with Gasteiger partial charge in [-0.2, -0.15) is 0 Å². The zero-order chi connectivity index (χ0) is 13.5. The fourth-order valence-electron chi connectivity index (χ4n) is 1.39. The number of imidazole rings is 1. The molecule has 0 aliphatic heterocycles. The van der Waals surface area contributed by atoms with E-state index in [0.29, 0.717) is 31.7 Å². The quantitative estimate of drug-likeness (QED) is 0.715. The van der Waals surface area contributed by atoms with Gasteiger partial charge in [0.15, 0.2) is 0 Å². The third-order valence-electron chi connectivity index (χ3n) is 2.66. The Bertz CT molecular complexity index is 419. The summed E-state index contributed by atoms with van der Waals surface area (Å²) in [5.41, 5.74) is 5.79. The second kappa shape index (κ2) is 7.27. The normalized spacial score (nSPS) is 14.2. The van der Waals surface area contributed by atoms with Crippen LogP contribution < -0.4 is 11.1 Å². The second-order valence-electron chi connectivity index (χ2n) is 4.14. The number of hydrogen-bond donors (Lipinski definition) is 2. The van der Waals surface area contributed by atoms with E-state index in [1.54, 1.807) is 23.3 Å². The average molecular weight is 272 g/mol. The van der Waals surface area contributed by atoms with E-state index >= 15 is 0 Å². The molecule has 0 aliphatic carbocycles. The topological polar surface area (TPSA) is 90.0 Å². The number of nitrogens with one attached hydrogen (secondary N) is 1. The number of hydrogen-bond acceptors (Lipinski definition) is 4. The summed E-state index contributed by atoms with van der Waals surface area (Å²) in [6.45, 7) is 3.56. The first-order valence-corrected chi connectivity index (χ1v) is 7.49. The number of rotatable bonds is 7. The SMILES string of the molecule is CC(CCNC(=O)c1cn(CCN)cn1)S(C)=O. The summed E-state index contributed by atoms with van der Waals surface area (Å²) in [5, 5.41) is 2.84. The lowest BCUT2D eigenvalue weighted by Gasteiger charge is -2.08. The fraction of sp³-hybridized carbons (Fsp3) is 0.636. The number of aromatic nitrogens is 2. The molecule has 1 aromatic heterocycles. The van der Waals surface area contributed by atoms with Crippen molar-refractivity contribution in [3.05, 3.63) is 18.2 Å². The van der Waals surface area contributed by atoms with E-state index in [0.717, 1.165) is 0 Å². The van der Waals surface area contributed by atoms with Crippen LogP contribution in [0.5, 0.6) is 0 Å². The van der Waals surface area contributed by atoms with Gasteiger partial charge in [0.1, 0.15) is 5.69 Å². The number of amides is 1. The van der Waals surface area contributed by atoms with Crippen molar-refractivity contribution in [2.45, 2.75) is 25.1 Å². The van der Waals surface area contributed by atoms with Crippen molar-refractivity contribution >= 4 is 16.7 Å². The standard InChI is InChI=1S/C11H20N4O2S/c1-9(18(2)17)3-5-13-11(16)10-7-15(6-4-12)8-14-10/h7-9H,3-6,12H2,1-2H3,(H,13,16). The molecule has 0 fully saturated rings. The first-order chi connectivity index (χ1) is 8.54. The molecule has 0 spiro atoms. The van der Waals surface area contributed by atoms with Crippen molar-refractivity contribution in [3.8, 4) is 0 Å². The van der Waals surface area contributed by atoms with Crippen LogP contribution in [0.15, 0.2) is 12.5 Å². The summed E-state index contributed by atoms with van der Waals surface area (Å²) in [6, 6.07) is 0. The van der Waals surface area contributed by atoms with Gasteiger partial charge < -0.3 is 15.6 Å². The van der Waals surface area contributed by atoms with Crippen molar-refractivity contribution in [1.29, 1.82) is 0 Å². The van der Waals surface area contributed by atoms with Crippen molar-refractivity contribution in [3.63, 3.8) is 0 Å². The lowest BCUT2D eigenvalue weighted by molar-refractivity contribution is 0.0948. The number of carbonyl (C=O) groups is 1. The molecule has 1 rings (SSSR count). The third kappa shape index (κ3) is 4.58. The minimum absolute atomic E-state index is 0.0834. The van der Waals surface area contributed by atoms with Gasteiger partial charge >= 0.3 is 0 Å². The molecule has 102 valence electrons. The highest BCUT2D eigenvalue weighted by Gasteiger charge is 2.10. The molecule has 3 N–H and O–H groups in total. The van der Waals surface area contributed by atoms with Crippen molar-refractivity contribution in [2.24, 2.45) is 5.73 Å². The Morgan fingerprint density at radius 1 is 1.67 bits per heavy atom. The Morgan fingerprint density at radius 3 is 3.00 bits per heavy atom. The minimum Gasteiger partial charge on any atom is -0.351 e. The molecule has 2 unspecified atom stereocenters. The summed E-state index contributed by atoms with van der Waals surface area (Å²) in [4.78, 5) is 15.7. The zero-order valence-electron chi connectivity index (χ0n) is 10.8. The van der Waals surface area contributed by atoms with Crippen LogP contribution in [0.2, 0.25) is 0 Å². The van der Waals surface area contributed by atoms with E-state index in [1.165, 1.54) is 0 Å². The van der Waals surface area contributed by atoms with Crippen molar-refractivity contribution in [2.75, 3.05) is 19.3 Å². The van der Waals surface area contributed by atoms with Crippen LogP contribution in [0.3, 0.4) is 0 Å².